The molecule has 0 aromatic carbocycles. The highest BCUT2D eigenvalue weighted by atomic mass is 32.1. The number of amides is 1. The second-order valence-corrected chi connectivity index (χ2v) is 5.15. The highest BCUT2D eigenvalue weighted by Crippen LogP contribution is 2.20. The van der Waals surface area contributed by atoms with Crippen molar-refractivity contribution in [3.63, 3.8) is 0 Å². The number of rotatable bonds is 4. The Morgan fingerprint density at radius 2 is 2.44 bits per heavy atom. The van der Waals surface area contributed by atoms with Crippen molar-refractivity contribution < 1.29 is 19.4 Å². The van der Waals surface area contributed by atoms with Crippen LogP contribution in [0.4, 0.5) is 0 Å². The summed E-state index contributed by atoms with van der Waals surface area (Å²) in [5.74, 6) is -1.00. The zero-order valence-electron chi connectivity index (χ0n) is 9.88. The van der Waals surface area contributed by atoms with E-state index in [1.807, 2.05) is 6.92 Å². The minimum absolute atomic E-state index is 0.00901. The largest absolute Gasteiger partial charge is 0.476 e. The molecular formula is C11H14N2O4S. The van der Waals surface area contributed by atoms with Crippen molar-refractivity contribution in [2.75, 3.05) is 6.61 Å². The standard InChI is InChI=1S/C11H14N2O4S/c1-6-2-3-17-9(6)10(14)12-4-8-13-7(5-18-8)11(15)16/h5-6,9H,2-4H2,1H3,(H,12,14)(H,15,16). The Hall–Kier alpha value is -1.47. The Labute approximate surface area is 108 Å². The first-order valence-corrected chi connectivity index (χ1v) is 6.53. The van der Waals surface area contributed by atoms with Gasteiger partial charge in [0.05, 0.1) is 6.54 Å². The molecule has 2 atom stereocenters. The molecule has 1 fully saturated rings. The molecule has 2 N–H and O–H groups in total. The van der Waals surface area contributed by atoms with Crippen molar-refractivity contribution in [1.82, 2.24) is 10.3 Å². The molecule has 7 heteroatoms. The number of aromatic nitrogens is 1. The van der Waals surface area contributed by atoms with Gasteiger partial charge in [-0.05, 0) is 12.3 Å². The number of carboxylic acid groups (broad SMARTS) is 1. The zero-order chi connectivity index (χ0) is 13.1. The molecular weight excluding hydrogens is 256 g/mol. The Morgan fingerprint density at radius 3 is 3.00 bits per heavy atom. The maximum atomic E-state index is 11.8. The van der Waals surface area contributed by atoms with E-state index in [2.05, 4.69) is 10.3 Å². The highest BCUT2D eigenvalue weighted by molar-refractivity contribution is 7.09. The van der Waals surface area contributed by atoms with Crippen molar-refractivity contribution in [1.29, 1.82) is 0 Å². The monoisotopic (exact) mass is 270 g/mol. The summed E-state index contributed by atoms with van der Waals surface area (Å²) in [5.41, 5.74) is 0.00901. The molecule has 0 aliphatic carbocycles. The number of hydrogen-bond acceptors (Lipinski definition) is 5. The zero-order valence-corrected chi connectivity index (χ0v) is 10.7. The molecule has 1 aliphatic heterocycles. The molecule has 1 aromatic rings. The first-order valence-electron chi connectivity index (χ1n) is 5.65. The summed E-state index contributed by atoms with van der Waals surface area (Å²) < 4.78 is 5.34. The SMILES string of the molecule is CC1CCOC1C(=O)NCc1nc(C(=O)O)cs1. The van der Waals surface area contributed by atoms with E-state index in [4.69, 9.17) is 9.84 Å². The van der Waals surface area contributed by atoms with E-state index in [0.29, 0.717) is 11.6 Å². The van der Waals surface area contributed by atoms with Crippen LogP contribution in [0.1, 0.15) is 28.8 Å². The van der Waals surface area contributed by atoms with Gasteiger partial charge in [-0.15, -0.1) is 11.3 Å². The van der Waals surface area contributed by atoms with Gasteiger partial charge >= 0.3 is 5.97 Å². The number of carbonyl (C=O) groups excluding carboxylic acids is 1. The first-order chi connectivity index (χ1) is 8.58. The molecule has 18 heavy (non-hydrogen) atoms. The minimum Gasteiger partial charge on any atom is -0.476 e. The van der Waals surface area contributed by atoms with Gasteiger partial charge in [0.1, 0.15) is 11.1 Å². The Morgan fingerprint density at radius 1 is 1.67 bits per heavy atom. The number of ether oxygens (including phenoxy) is 1. The van der Waals surface area contributed by atoms with Gasteiger partial charge in [0.2, 0.25) is 5.91 Å². The van der Waals surface area contributed by atoms with E-state index < -0.39 is 12.1 Å². The van der Waals surface area contributed by atoms with Crippen molar-refractivity contribution >= 4 is 23.2 Å². The van der Waals surface area contributed by atoms with Crippen molar-refractivity contribution in [3.05, 3.63) is 16.1 Å². The number of hydrogen-bond donors (Lipinski definition) is 2. The fourth-order valence-electron chi connectivity index (χ4n) is 1.78. The topological polar surface area (TPSA) is 88.5 Å². The summed E-state index contributed by atoms with van der Waals surface area (Å²) in [5, 5.41) is 13.5. The van der Waals surface area contributed by atoms with E-state index in [1.54, 1.807) is 0 Å². The molecule has 0 bridgehead atoms. The maximum absolute atomic E-state index is 11.8. The van der Waals surface area contributed by atoms with Crippen LogP contribution < -0.4 is 5.32 Å². The number of thiazole rings is 1. The first kappa shape index (κ1) is 13.0. The second kappa shape index (κ2) is 5.45. The van der Waals surface area contributed by atoms with Crippen molar-refractivity contribution in [2.24, 2.45) is 5.92 Å². The summed E-state index contributed by atoms with van der Waals surface area (Å²) in [7, 11) is 0. The van der Waals surface area contributed by atoms with Gasteiger partial charge in [0, 0.05) is 12.0 Å². The van der Waals surface area contributed by atoms with E-state index in [1.165, 1.54) is 16.7 Å². The summed E-state index contributed by atoms with van der Waals surface area (Å²) in [6.07, 6.45) is 0.488. The van der Waals surface area contributed by atoms with Gasteiger partial charge in [-0.1, -0.05) is 6.92 Å². The number of aromatic carboxylic acids is 1. The van der Waals surface area contributed by atoms with Crippen LogP contribution in [0.25, 0.3) is 0 Å². The van der Waals surface area contributed by atoms with Crippen molar-refractivity contribution in [2.45, 2.75) is 26.0 Å². The lowest BCUT2D eigenvalue weighted by molar-refractivity contribution is -0.131. The van der Waals surface area contributed by atoms with E-state index in [9.17, 15) is 9.59 Å². The third kappa shape index (κ3) is 2.85. The summed E-state index contributed by atoms with van der Waals surface area (Å²) in [6, 6.07) is 0. The molecule has 1 aromatic heterocycles. The Kier molecular flexibility index (Phi) is 3.93. The van der Waals surface area contributed by atoms with Crippen LogP contribution in [0.5, 0.6) is 0 Å². The Bertz CT molecular complexity index is 460. The fraction of sp³-hybridized carbons (Fsp3) is 0.545. The Balaban J connectivity index is 1.87. The van der Waals surface area contributed by atoms with Crippen LogP contribution >= 0.6 is 11.3 Å². The minimum atomic E-state index is -1.06. The molecule has 0 spiro atoms. The third-order valence-corrected chi connectivity index (χ3v) is 3.68. The van der Waals surface area contributed by atoms with Crippen LogP contribution in [0.3, 0.4) is 0 Å². The molecule has 1 saturated heterocycles. The molecule has 1 aliphatic rings. The van der Waals surface area contributed by atoms with E-state index >= 15 is 0 Å². The number of carbonyl (C=O) groups is 2. The van der Waals surface area contributed by atoms with Crippen LogP contribution in [0, 0.1) is 5.92 Å². The molecule has 2 heterocycles. The van der Waals surface area contributed by atoms with Gasteiger partial charge in [-0.2, -0.15) is 0 Å². The van der Waals surface area contributed by atoms with Crippen LogP contribution in [0.2, 0.25) is 0 Å². The maximum Gasteiger partial charge on any atom is 0.355 e. The predicted molar refractivity (Wildman–Crippen MR) is 64.4 cm³/mol. The number of nitrogens with one attached hydrogen (secondary N) is 1. The van der Waals surface area contributed by atoms with Crippen LogP contribution in [-0.4, -0.2) is 34.7 Å². The van der Waals surface area contributed by atoms with E-state index in [0.717, 1.165) is 6.42 Å². The lowest BCUT2D eigenvalue weighted by Crippen LogP contribution is -2.36. The van der Waals surface area contributed by atoms with E-state index in [-0.39, 0.29) is 24.1 Å². The average Bonchev–Trinajstić information content (AvgIpc) is 2.94. The molecule has 0 radical (unpaired) electrons. The van der Waals surface area contributed by atoms with Crippen LogP contribution in [-0.2, 0) is 16.1 Å². The van der Waals surface area contributed by atoms with Gasteiger partial charge in [0.15, 0.2) is 5.69 Å². The quantitative estimate of drug-likeness (QED) is 0.848. The van der Waals surface area contributed by atoms with Gasteiger partial charge in [-0.3, -0.25) is 4.79 Å². The lowest BCUT2D eigenvalue weighted by Gasteiger charge is -2.13. The molecule has 6 nitrogen and oxygen atoms in total. The third-order valence-electron chi connectivity index (χ3n) is 2.83. The summed E-state index contributed by atoms with van der Waals surface area (Å²) >= 11 is 1.22. The lowest BCUT2D eigenvalue weighted by atomic mass is 10.0. The smallest absolute Gasteiger partial charge is 0.355 e. The second-order valence-electron chi connectivity index (χ2n) is 4.21. The van der Waals surface area contributed by atoms with Gasteiger partial charge < -0.3 is 15.2 Å². The normalized spacial score (nSPS) is 22.9. The van der Waals surface area contributed by atoms with Gasteiger partial charge in [0.25, 0.3) is 0 Å². The summed E-state index contributed by atoms with van der Waals surface area (Å²) in [4.78, 5) is 26.3. The molecule has 98 valence electrons. The molecule has 0 saturated carbocycles. The summed E-state index contributed by atoms with van der Waals surface area (Å²) in [6.45, 7) is 2.83. The predicted octanol–water partition coefficient (Wildman–Crippen LogP) is 0.883. The molecule has 2 unspecified atom stereocenters. The van der Waals surface area contributed by atoms with Crippen molar-refractivity contribution in [3.8, 4) is 0 Å². The molecule has 1 amide bonds. The fourth-order valence-corrected chi connectivity index (χ4v) is 2.49. The number of carboxylic acids is 1. The average molecular weight is 270 g/mol. The van der Waals surface area contributed by atoms with Crippen LogP contribution in [0.15, 0.2) is 5.38 Å². The highest BCUT2D eigenvalue weighted by Gasteiger charge is 2.30. The number of nitrogens with zero attached hydrogens (tertiary/aromatic N) is 1. The van der Waals surface area contributed by atoms with Gasteiger partial charge in [-0.25, -0.2) is 9.78 Å². The molecule has 2 rings (SSSR count).